The van der Waals surface area contributed by atoms with Crippen LogP contribution in [0.15, 0.2) is 12.1 Å². The fourth-order valence-electron chi connectivity index (χ4n) is 3.29. The second-order valence-electron chi connectivity index (χ2n) is 6.18. The molecule has 1 aliphatic rings. The van der Waals surface area contributed by atoms with Crippen LogP contribution in [0.2, 0.25) is 0 Å². The molecule has 3 heteroatoms. The Kier molecular flexibility index (Phi) is 4.48. The van der Waals surface area contributed by atoms with E-state index in [-0.39, 0.29) is 11.3 Å². The smallest absolute Gasteiger partial charge is 0.168 e. The van der Waals surface area contributed by atoms with Gasteiger partial charge in [-0.3, -0.25) is 4.79 Å². The van der Waals surface area contributed by atoms with Crippen LogP contribution in [0.4, 0.5) is 0 Å². The summed E-state index contributed by atoms with van der Waals surface area (Å²) in [5.41, 5.74) is 8.87. The van der Waals surface area contributed by atoms with Gasteiger partial charge < -0.3 is 10.5 Å². The van der Waals surface area contributed by atoms with E-state index in [1.165, 1.54) is 6.42 Å². The van der Waals surface area contributed by atoms with Crippen molar-refractivity contribution in [3.63, 3.8) is 0 Å². The van der Waals surface area contributed by atoms with Crippen molar-refractivity contribution in [1.29, 1.82) is 0 Å². The number of nitrogens with two attached hydrogens (primary N) is 1. The van der Waals surface area contributed by atoms with Crippen molar-refractivity contribution in [2.75, 3.05) is 7.11 Å². The highest BCUT2D eigenvalue weighted by atomic mass is 16.5. The van der Waals surface area contributed by atoms with Crippen molar-refractivity contribution in [2.24, 2.45) is 5.73 Å². The summed E-state index contributed by atoms with van der Waals surface area (Å²) in [6.07, 6.45) is 5.83. The quantitative estimate of drug-likeness (QED) is 0.855. The molecule has 0 aliphatic heterocycles. The number of carbonyl (C=O) groups excluding carboxylic acids is 1. The molecule has 3 nitrogen and oxygen atoms in total. The van der Waals surface area contributed by atoms with Gasteiger partial charge in [0.25, 0.3) is 0 Å². The molecule has 1 aromatic rings. The number of ketones is 1. The van der Waals surface area contributed by atoms with Crippen LogP contribution in [0.25, 0.3) is 0 Å². The number of carbonyl (C=O) groups is 1. The lowest BCUT2D eigenvalue weighted by molar-refractivity contribution is 0.0931. The monoisotopic (exact) mass is 275 g/mol. The molecular weight excluding hydrogens is 250 g/mol. The Balaban J connectivity index is 2.25. The summed E-state index contributed by atoms with van der Waals surface area (Å²) in [6.45, 7) is 3.97. The summed E-state index contributed by atoms with van der Waals surface area (Å²) in [7, 11) is 1.61. The van der Waals surface area contributed by atoms with E-state index in [1.54, 1.807) is 7.11 Å². The topological polar surface area (TPSA) is 52.3 Å². The first kappa shape index (κ1) is 15.0. The molecule has 0 bridgehead atoms. The molecule has 0 amide bonds. The Morgan fingerprint density at radius 2 is 1.90 bits per heavy atom. The average molecular weight is 275 g/mol. The molecule has 0 unspecified atom stereocenters. The van der Waals surface area contributed by atoms with Crippen LogP contribution in [0, 0.1) is 13.8 Å². The normalized spacial score (nSPS) is 17.8. The van der Waals surface area contributed by atoms with Crippen LogP contribution in [0.5, 0.6) is 5.75 Å². The van der Waals surface area contributed by atoms with E-state index in [2.05, 4.69) is 0 Å². The summed E-state index contributed by atoms with van der Waals surface area (Å²) in [4.78, 5) is 12.7. The summed E-state index contributed by atoms with van der Waals surface area (Å²) < 4.78 is 5.39. The zero-order valence-corrected chi connectivity index (χ0v) is 12.8. The summed E-state index contributed by atoms with van der Waals surface area (Å²) in [5, 5.41) is 0. The second-order valence-corrected chi connectivity index (χ2v) is 6.18. The summed E-state index contributed by atoms with van der Waals surface area (Å²) >= 11 is 0. The third-order valence-corrected chi connectivity index (χ3v) is 4.30. The molecule has 1 aromatic carbocycles. The van der Waals surface area contributed by atoms with Crippen molar-refractivity contribution < 1.29 is 9.53 Å². The maximum atomic E-state index is 12.7. The van der Waals surface area contributed by atoms with Gasteiger partial charge in [-0.05, 0) is 43.9 Å². The van der Waals surface area contributed by atoms with Crippen LogP contribution in [0.1, 0.15) is 60.0 Å². The zero-order chi connectivity index (χ0) is 14.8. The lowest BCUT2D eigenvalue weighted by atomic mass is 9.78. The fraction of sp³-hybridized carbons (Fsp3) is 0.588. The van der Waals surface area contributed by atoms with Crippen LogP contribution < -0.4 is 10.5 Å². The standard InChI is InChI=1S/C17H25NO2/c1-12-9-13(2)16(15(10-12)20-3)14(19)11-17(18)7-5-4-6-8-17/h9-10H,4-8,11,18H2,1-3H3. The Morgan fingerprint density at radius 1 is 1.25 bits per heavy atom. The number of hydrogen-bond donors (Lipinski definition) is 1. The predicted octanol–water partition coefficient (Wildman–Crippen LogP) is 3.55. The third kappa shape index (κ3) is 3.21. The highest BCUT2D eigenvalue weighted by Crippen LogP contribution is 2.32. The largest absolute Gasteiger partial charge is 0.496 e. The van der Waals surface area contributed by atoms with Gasteiger partial charge in [0.15, 0.2) is 5.78 Å². The molecule has 0 spiro atoms. The minimum absolute atomic E-state index is 0.115. The second kappa shape index (κ2) is 5.96. The molecule has 0 radical (unpaired) electrons. The minimum atomic E-state index is -0.322. The van der Waals surface area contributed by atoms with E-state index in [4.69, 9.17) is 10.5 Å². The van der Waals surface area contributed by atoms with Gasteiger partial charge in [-0.1, -0.05) is 25.3 Å². The number of benzene rings is 1. The van der Waals surface area contributed by atoms with Crippen LogP contribution >= 0.6 is 0 Å². The molecule has 2 N–H and O–H groups in total. The predicted molar refractivity (Wildman–Crippen MR) is 81.4 cm³/mol. The SMILES string of the molecule is COc1cc(C)cc(C)c1C(=O)CC1(N)CCCCC1. The van der Waals surface area contributed by atoms with Gasteiger partial charge in [0.05, 0.1) is 12.7 Å². The van der Waals surface area contributed by atoms with Crippen LogP contribution in [-0.4, -0.2) is 18.4 Å². The molecule has 110 valence electrons. The molecule has 1 saturated carbocycles. The van der Waals surface area contributed by atoms with Gasteiger partial charge in [-0.15, -0.1) is 0 Å². The molecule has 1 fully saturated rings. The fourth-order valence-corrected chi connectivity index (χ4v) is 3.29. The van der Waals surface area contributed by atoms with E-state index in [1.807, 2.05) is 26.0 Å². The maximum absolute atomic E-state index is 12.7. The van der Waals surface area contributed by atoms with E-state index < -0.39 is 0 Å². The number of rotatable bonds is 4. The average Bonchev–Trinajstić information content (AvgIpc) is 2.37. The van der Waals surface area contributed by atoms with Gasteiger partial charge in [0, 0.05) is 12.0 Å². The lowest BCUT2D eigenvalue weighted by Gasteiger charge is -2.33. The lowest BCUT2D eigenvalue weighted by Crippen LogP contribution is -2.43. The summed E-state index contributed by atoms with van der Waals surface area (Å²) in [6, 6.07) is 3.95. The summed E-state index contributed by atoms with van der Waals surface area (Å²) in [5.74, 6) is 0.788. The molecule has 0 atom stereocenters. The first-order chi connectivity index (χ1) is 9.45. The molecule has 1 aliphatic carbocycles. The highest BCUT2D eigenvalue weighted by Gasteiger charge is 2.31. The van der Waals surface area contributed by atoms with Crippen LogP contribution in [0.3, 0.4) is 0 Å². The maximum Gasteiger partial charge on any atom is 0.168 e. The number of aryl methyl sites for hydroxylation is 2. The van der Waals surface area contributed by atoms with E-state index in [0.29, 0.717) is 17.7 Å². The molecule has 2 rings (SSSR count). The van der Waals surface area contributed by atoms with Gasteiger partial charge in [0.2, 0.25) is 0 Å². The van der Waals surface area contributed by atoms with Gasteiger partial charge in [-0.2, -0.15) is 0 Å². The van der Waals surface area contributed by atoms with Crippen molar-refractivity contribution in [2.45, 2.75) is 57.9 Å². The van der Waals surface area contributed by atoms with Crippen molar-refractivity contribution in [1.82, 2.24) is 0 Å². The highest BCUT2D eigenvalue weighted by molar-refractivity contribution is 6.00. The molecule has 0 aromatic heterocycles. The van der Waals surface area contributed by atoms with Crippen molar-refractivity contribution >= 4 is 5.78 Å². The third-order valence-electron chi connectivity index (χ3n) is 4.30. The minimum Gasteiger partial charge on any atom is -0.496 e. The van der Waals surface area contributed by atoms with Gasteiger partial charge >= 0.3 is 0 Å². The Bertz CT molecular complexity index is 502. The van der Waals surface area contributed by atoms with E-state index in [9.17, 15) is 4.79 Å². The van der Waals surface area contributed by atoms with E-state index >= 15 is 0 Å². The molecule has 0 heterocycles. The first-order valence-electron chi connectivity index (χ1n) is 7.42. The number of ether oxygens (including phenoxy) is 1. The Labute approximate surface area is 121 Å². The van der Waals surface area contributed by atoms with Gasteiger partial charge in [-0.25, -0.2) is 0 Å². The first-order valence-corrected chi connectivity index (χ1v) is 7.42. The van der Waals surface area contributed by atoms with Crippen molar-refractivity contribution in [3.05, 3.63) is 28.8 Å². The number of Topliss-reactive ketones (excluding diaryl/α,β-unsaturated/α-hetero) is 1. The van der Waals surface area contributed by atoms with Crippen molar-refractivity contribution in [3.8, 4) is 5.75 Å². The van der Waals surface area contributed by atoms with Crippen LogP contribution in [-0.2, 0) is 0 Å². The molecule has 20 heavy (non-hydrogen) atoms. The molecule has 0 saturated heterocycles. The number of methoxy groups -OCH3 is 1. The Morgan fingerprint density at radius 3 is 2.50 bits per heavy atom. The zero-order valence-electron chi connectivity index (χ0n) is 12.8. The van der Waals surface area contributed by atoms with E-state index in [0.717, 1.165) is 36.8 Å². The Hall–Kier alpha value is -1.35. The van der Waals surface area contributed by atoms with Gasteiger partial charge in [0.1, 0.15) is 5.75 Å². The number of hydrogen-bond acceptors (Lipinski definition) is 3. The molecular formula is C17H25NO2.